The predicted octanol–water partition coefficient (Wildman–Crippen LogP) is 3.73. The Labute approximate surface area is 355 Å². The number of ether oxygens (including phenoxy) is 3. The van der Waals surface area contributed by atoms with Crippen molar-refractivity contribution in [3.8, 4) is 41.8 Å². The van der Waals surface area contributed by atoms with E-state index in [1.807, 2.05) is 0 Å². The number of nitrogens with zero attached hydrogens (tertiary/aromatic N) is 11. The summed E-state index contributed by atoms with van der Waals surface area (Å²) in [4.78, 5) is 66.4. The van der Waals surface area contributed by atoms with Gasteiger partial charge in [-0.15, -0.1) is 6.42 Å². The summed E-state index contributed by atoms with van der Waals surface area (Å²) >= 11 is 0. The van der Waals surface area contributed by atoms with E-state index in [9.17, 15) is 27.6 Å². The fourth-order valence-electron chi connectivity index (χ4n) is 3.74. The van der Waals surface area contributed by atoms with Gasteiger partial charge in [-0.05, 0) is 17.8 Å². The number of terminal acetylenes is 1. The van der Waals surface area contributed by atoms with Gasteiger partial charge in [0.2, 0.25) is 34.9 Å². The average molecular weight is 880 g/mol. The average Bonchev–Trinajstić information content (AvgIpc) is 4.14. The maximum absolute atomic E-state index is 13.4. The highest BCUT2D eigenvalue weighted by molar-refractivity contribution is 6.08. The third kappa shape index (κ3) is 15.2. The van der Waals surface area contributed by atoms with Crippen molar-refractivity contribution in [3.63, 3.8) is 0 Å². The lowest BCUT2D eigenvalue weighted by molar-refractivity contribution is -0.0762. The van der Waals surface area contributed by atoms with Gasteiger partial charge in [-0.25, -0.2) is 20.0 Å². The van der Waals surface area contributed by atoms with Gasteiger partial charge in [-0.3, -0.25) is 29.1 Å². The van der Waals surface area contributed by atoms with E-state index in [0.29, 0.717) is 0 Å². The Bertz CT molecular complexity index is 2520. The van der Waals surface area contributed by atoms with Gasteiger partial charge >= 0.3 is 0 Å². The van der Waals surface area contributed by atoms with Crippen LogP contribution in [0.2, 0.25) is 0 Å². The second-order valence-corrected chi connectivity index (χ2v) is 10.6. The number of carbonyl (C=O) groups is 3. The minimum atomic E-state index is -0.714. The van der Waals surface area contributed by atoms with E-state index in [-0.39, 0.29) is 71.2 Å². The number of halogens is 3. The summed E-state index contributed by atoms with van der Waals surface area (Å²) in [7, 11) is 9.69. The molecule has 0 N–H and O–H groups in total. The number of Topliss-reactive ketones (excluding diaryl/α,β-unsaturated/α-hetero) is 1. The van der Waals surface area contributed by atoms with Gasteiger partial charge in [0.1, 0.15) is 24.5 Å². The quantitative estimate of drug-likeness (QED) is 0.0777. The Morgan fingerprint density at radius 2 is 1.13 bits per heavy atom. The van der Waals surface area contributed by atoms with Crippen molar-refractivity contribution in [2.75, 3.05) is 49.6 Å². The van der Waals surface area contributed by atoms with Crippen LogP contribution in [0.5, 0.6) is 17.6 Å². The zero-order valence-corrected chi connectivity index (χ0v) is 33.4. The zero-order chi connectivity index (χ0) is 45.6. The first-order valence-electron chi connectivity index (χ1n) is 16.6. The van der Waals surface area contributed by atoms with Gasteiger partial charge in [-0.2, -0.15) is 28.1 Å². The summed E-state index contributed by atoms with van der Waals surface area (Å²) in [6.07, 6.45) is 12.9. The molecule has 0 atom stereocenters. The molecule has 0 aliphatic rings. The Morgan fingerprint density at radius 3 is 1.60 bits per heavy atom. The number of hydroxylamine groups is 4. The molecule has 6 heterocycles. The Morgan fingerprint density at radius 1 is 0.667 bits per heavy atom. The Hall–Kier alpha value is -8.55. The molecule has 0 saturated carbocycles. The van der Waals surface area contributed by atoms with E-state index >= 15 is 0 Å². The number of amides is 1. The molecule has 6 aromatic heterocycles. The summed E-state index contributed by atoms with van der Waals surface area (Å²) in [5, 5.41) is 12.7. The van der Waals surface area contributed by atoms with Crippen molar-refractivity contribution >= 4 is 23.2 Å². The molecule has 1 amide bonds. The van der Waals surface area contributed by atoms with E-state index in [0.717, 1.165) is 23.7 Å². The summed E-state index contributed by atoms with van der Waals surface area (Å²) in [6, 6.07) is 4.26. The van der Waals surface area contributed by atoms with Crippen molar-refractivity contribution in [3.05, 3.63) is 114 Å². The van der Waals surface area contributed by atoms with Crippen LogP contribution in [0.4, 0.5) is 13.2 Å². The van der Waals surface area contributed by atoms with Crippen LogP contribution in [0, 0.1) is 41.6 Å². The van der Waals surface area contributed by atoms with Crippen LogP contribution in [0.25, 0.3) is 5.70 Å². The monoisotopic (exact) mass is 879 g/mol. The summed E-state index contributed by atoms with van der Waals surface area (Å²) in [5.74, 6) is 2.98. The van der Waals surface area contributed by atoms with Gasteiger partial charge in [-0.1, -0.05) is 22.9 Å². The molecule has 0 aliphatic carbocycles. The van der Waals surface area contributed by atoms with Crippen LogP contribution in [0.3, 0.4) is 0 Å². The molecule has 0 saturated heterocycles. The van der Waals surface area contributed by atoms with Gasteiger partial charge < -0.3 is 27.8 Å². The van der Waals surface area contributed by atoms with Crippen LogP contribution in [0.1, 0.15) is 56.4 Å². The largest absolute Gasteiger partial charge is 0.479 e. The van der Waals surface area contributed by atoms with Gasteiger partial charge in [0, 0.05) is 38.4 Å². The fraction of sp³-hybridized carbons (Fsp3) is 0.211. The molecule has 0 fully saturated rings. The minimum absolute atomic E-state index is 0. The summed E-state index contributed by atoms with van der Waals surface area (Å²) in [6.45, 7) is 0. The zero-order valence-electron chi connectivity index (χ0n) is 33.4. The molecule has 330 valence electrons. The molecule has 0 aromatic carbocycles. The molecule has 6 rings (SSSR count). The molecule has 0 unspecified atom stereocenters. The second-order valence-electron chi connectivity index (χ2n) is 10.6. The lowest BCUT2D eigenvalue weighted by Gasteiger charge is -2.18. The van der Waals surface area contributed by atoms with Crippen LogP contribution < -0.4 is 14.2 Å². The number of hydrogen-bond donors (Lipinski definition) is 0. The van der Waals surface area contributed by atoms with E-state index in [4.69, 9.17) is 16.0 Å². The normalized spacial score (nSPS) is 9.89. The van der Waals surface area contributed by atoms with Crippen LogP contribution >= 0.6 is 0 Å². The highest BCUT2D eigenvalue weighted by atomic mass is 19.1. The third-order valence-electron chi connectivity index (χ3n) is 6.82. The van der Waals surface area contributed by atoms with E-state index in [1.54, 1.807) is 7.05 Å². The molecule has 22 nitrogen and oxygen atoms in total. The summed E-state index contributed by atoms with van der Waals surface area (Å²) in [5.41, 5.74) is 0.621. The maximum atomic E-state index is 13.4. The fourth-order valence-corrected chi connectivity index (χ4v) is 3.74. The van der Waals surface area contributed by atoms with Crippen LogP contribution in [0.15, 0.2) is 75.2 Å². The molecular weight excluding hydrogens is 843 g/mol. The third-order valence-corrected chi connectivity index (χ3v) is 6.82. The number of allylic oxidation sites excluding steroid dienone is 1. The lowest BCUT2D eigenvalue weighted by Crippen LogP contribution is -2.25. The van der Waals surface area contributed by atoms with Crippen LogP contribution in [-0.4, -0.2) is 123 Å². The highest BCUT2D eigenvalue weighted by Crippen LogP contribution is 2.20. The van der Waals surface area contributed by atoms with E-state index < -0.39 is 29.0 Å². The Balaban J connectivity index is 0.000000300. The van der Waals surface area contributed by atoms with Gasteiger partial charge in [0.05, 0.1) is 54.1 Å². The first-order valence-corrected chi connectivity index (χ1v) is 16.6. The molecule has 0 bridgehead atoms. The van der Waals surface area contributed by atoms with Crippen molar-refractivity contribution in [1.82, 2.24) is 55.5 Å². The maximum Gasteiger partial charge on any atom is 0.299 e. The summed E-state index contributed by atoms with van der Waals surface area (Å²) < 4.78 is 66.6. The highest BCUT2D eigenvalue weighted by Gasteiger charge is 2.18. The van der Waals surface area contributed by atoms with Crippen molar-refractivity contribution < 1.29 is 65.0 Å². The lowest BCUT2D eigenvalue weighted by atomic mass is 10.2. The van der Waals surface area contributed by atoms with E-state index in [2.05, 4.69) is 91.0 Å². The van der Waals surface area contributed by atoms with Crippen molar-refractivity contribution in [2.24, 2.45) is 0 Å². The smallest absolute Gasteiger partial charge is 0.299 e. The molecule has 0 radical (unpaired) electrons. The second kappa shape index (κ2) is 25.8. The standard InChI is InChI=1S/C13H13FN4O4.C11H6FN3O3.C7H5FN2O.C6H8N2O3.CH4/c1-18(21-3)10(6-11(19)9-4-5-22-17-9)12-15-7-8(14)13(16-12)20-2;1-17-11-7(12)6-13-10(14-11)3-2-9(16)8-4-5-18-15-8;1-3-6-9-4-5(8)7(10-6)11-2;1-8(10-2)6(9)5-3-4-11-7-5;/h4-7H,1-3H3;4-6H,1H3;1,4H,2H3;3-4H,1-2H3;1H4/b10-6+;;;;. The van der Waals surface area contributed by atoms with Gasteiger partial charge in [0.15, 0.2) is 22.9 Å². The first kappa shape index (κ1) is 50.6. The molecule has 25 heteroatoms. The number of hydrogen-bond acceptors (Lipinski definition) is 21. The number of methoxy groups -OCH3 is 3. The SMILES string of the molecule is C.C#Cc1ncc(F)c(OC)n1.CON(C)C(=O)c1ccon1.COc1nc(/C(=C\C(=O)c2ccon2)N(C)OC)ncc1F.COc1nc(C#CC(=O)c2ccon2)ncc1F. The molecule has 6 aromatic rings. The number of carbonyl (C=O) groups excluding carboxylic acids is 3. The predicted molar refractivity (Wildman–Crippen MR) is 207 cm³/mol. The van der Waals surface area contributed by atoms with Gasteiger partial charge in [0.25, 0.3) is 29.3 Å². The molecular formula is C38H36F3N11O11. The molecule has 0 aliphatic heterocycles. The Kier molecular flexibility index (Phi) is 20.7. The molecule has 63 heavy (non-hydrogen) atoms. The first-order chi connectivity index (χ1) is 29.8. The van der Waals surface area contributed by atoms with Crippen molar-refractivity contribution in [1.29, 1.82) is 0 Å². The topological polar surface area (TPSA) is 259 Å². The van der Waals surface area contributed by atoms with E-state index in [1.165, 1.54) is 90.7 Å². The van der Waals surface area contributed by atoms with Crippen LogP contribution in [-0.2, 0) is 9.68 Å². The minimum Gasteiger partial charge on any atom is -0.479 e. The van der Waals surface area contributed by atoms with Crippen molar-refractivity contribution in [2.45, 2.75) is 7.43 Å². The number of aromatic nitrogens is 9. The number of ketones is 2. The number of rotatable bonds is 11. The molecule has 0 spiro atoms.